The van der Waals surface area contributed by atoms with Crippen LogP contribution in [0.1, 0.15) is 29.5 Å². The van der Waals surface area contributed by atoms with Crippen LogP contribution in [0.2, 0.25) is 5.02 Å². The number of hydrogen-bond acceptors (Lipinski definition) is 6. The monoisotopic (exact) mass is 396 g/mol. The number of carbonyl (C=O) groups is 2. The minimum absolute atomic E-state index is 0.0808. The molecule has 0 bridgehead atoms. The van der Waals surface area contributed by atoms with E-state index in [-0.39, 0.29) is 22.4 Å². The summed E-state index contributed by atoms with van der Waals surface area (Å²) in [5, 5.41) is 5.55. The molecule has 0 radical (unpaired) electrons. The van der Waals surface area contributed by atoms with Crippen LogP contribution in [0.5, 0.6) is 0 Å². The lowest BCUT2D eigenvalue weighted by molar-refractivity contribution is -0.115. The van der Waals surface area contributed by atoms with Crippen LogP contribution in [0.4, 0.5) is 11.6 Å². The molecular weight excluding hydrogens is 380 g/mol. The molecule has 2 N–H and O–H groups in total. The second-order valence-corrected chi connectivity index (χ2v) is 6.20. The maximum Gasteiger partial charge on any atom is 0.259 e. The summed E-state index contributed by atoms with van der Waals surface area (Å²) in [6, 6.07) is 10.0. The molecule has 28 heavy (non-hydrogen) atoms. The van der Waals surface area contributed by atoms with E-state index in [1.165, 1.54) is 6.07 Å². The smallest absolute Gasteiger partial charge is 0.259 e. The zero-order valence-corrected chi connectivity index (χ0v) is 16.0. The van der Waals surface area contributed by atoms with E-state index in [0.29, 0.717) is 29.5 Å². The molecule has 8 nitrogen and oxygen atoms in total. The van der Waals surface area contributed by atoms with E-state index in [9.17, 15) is 9.59 Å². The third-order valence-electron chi connectivity index (χ3n) is 3.68. The number of aryl methyl sites for hydroxylation is 1. The molecule has 0 fully saturated rings. The van der Waals surface area contributed by atoms with Gasteiger partial charge in [0.25, 0.3) is 5.91 Å². The number of nitrogens with one attached hydrogen (secondary N) is 2. The summed E-state index contributed by atoms with van der Waals surface area (Å²) in [6.07, 6.45) is 1.95. The molecule has 0 aliphatic heterocycles. The van der Waals surface area contributed by atoms with E-state index in [4.69, 9.17) is 11.6 Å². The Balaban J connectivity index is 1.86. The summed E-state index contributed by atoms with van der Waals surface area (Å²) in [6.45, 7) is 3.43. The largest absolute Gasteiger partial charge is 0.326 e. The Labute approximate surface area is 166 Å². The molecule has 0 saturated heterocycles. The van der Waals surface area contributed by atoms with Gasteiger partial charge in [0.05, 0.1) is 10.6 Å². The highest BCUT2D eigenvalue weighted by Crippen LogP contribution is 2.22. The molecule has 1 aromatic carbocycles. The molecular formula is C19H17ClN6O2. The molecule has 0 atom stereocenters. The van der Waals surface area contributed by atoms with Gasteiger partial charge < -0.3 is 5.32 Å². The van der Waals surface area contributed by atoms with Gasteiger partial charge in [-0.05, 0) is 37.3 Å². The lowest BCUT2D eigenvalue weighted by Crippen LogP contribution is -2.17. The molecule has 2 heterocycles. The van der Waals surface area contributed by atoms with Gasteiger partial charge in [-0.25, -0.2) is 4.98 Å². The SMILES string of the molecule is CCC(=O)Nc1ccc(Cl)c(C(=O)Nc2nc(C)nc(-c3ccccn3)n2)c1. The van der Waals surface area contributed by atoms with Gasteiger partial charge in [-0.15, -0.1) is 0 Å². The molecule has 142 valence electrons. The highest BCUT2D eigenvalue weighted by molar-refractivity contribution is 6.34. The highest BCUT2D eigenvalue weighted by Gasteiger charge is 2.15. The second-order valence-electron chi connectivity index (χ2n) is 5.80. The lowest BCUT2D eigenvalue weighted by atomic mass is 10.2. The fourth-order valence-electron chi connectivity index (χ4n) is 2.34. The number of aromatic nitrogens is 4. The van der Waals surface area contributed by atoms with Gasteiger partial charge in [-0.3, -0.25) is 19.9 Å². The molecule has 0 spiro atoms. The summed E-state index contributed by atoms with van der Waals surface area (Å²) in [7, 11) is 0. The Kier molecular flexibility index (Phi) is 5.90. The number of amides is 2. The predicted octanol–water partition coefficient (Wildman–Crippen LogP) is 3.50. The fraction of sp³-hybridized carbons (Fsp3) is 0.158. The fourth-order valence-corrected chi connectivity index (χ4v) is 2.55. The third-order valence-corrected chi connectivity index (χ3v) is 4.01. The van der Waals surface area contributed by atoms with Crippen LogP contribution in [0.15, 0.2) is 42.6 Å². The quantitative estimate of drug-likeness (QED) is 0.683. The van der Waals surface area contributed by atoms with Crippen molar-refractivity contribution in [3.05, 3.63) is 59.0 Å². The Morgan fingerprint density at radius 1 is 1.07 bits per heavy atom. The standard InChI is InChI=1S/C19H17ClN6O2/c1-3-16(27)24-12-7-8-14(20)13(10-12)18(28)26-19-23-11(2)22-17(25-19)15-6-4-5-9-21-15/h4-10H,3H2,1-2H3,(H,24,27)(H,22,23,25,26,28). The topological polar surface area (TPSA) is 110 Å². The van der Waals surface area contributed by atoms with Gasteiger partial charge in [0.2, 0.25) is 11.9 Å². The van der Waals surface area contributed by atoms with Gasteiger partial charge in [0.15, 0.2) is 5.82 Å². The third kappa shape index (κ3) is 4.66. The van der Waals surface area contributed by atoms with Crippen molar-refractivity contribution in [2.24, 2.45) is 0 Å². The lowest BCUT2D eigenvalue weighted by Gasteiger charge is -2.10. The average molecular weight is 397 g/mol. The molecule has 0 aliphatic carbocycles. The van der Waals surface area contributed by atoms with Crippen molar-refractivity contribution >= 4 is 35.1 Å². The Bertz CT molecular complexity index is 1030. The highest BCUT2D eigenvalue weighted by atomic mass is 35.5. The maximum atomic E-state index is 12.7. The van der Waals surface area contributed by atoms with E-state index in [1.807, 2.05) is 6.07 Å². The molecule has 9 heteroatoms. The van der Waals surface area contributed by atoms with Crippen molar-refractivity contribution in [1.82, 2.24) is 19.9 Å². The minimum atomic E-state index is -0.504. The normalized spacial score (nSPS) is 10.4. The molecule has 2 amide bonds. The number of anilines is 2. The number of hydrogen-bond donors (Lipinski definition) is 2. The average Bonchev–Trinajstić information content (AvgIpc) is 2.69. The zero-order valence-electron chi connectivity index (χ0n) is 15.2. The Hall–Kier alpha value is -3.39. The summed E-state index contributed by atoms with van der Waals surface area (Å²) < 4.78 is 0. The molecule has 0 unspecified atom stereocenters. The molecule has 0 aliphatic rings. The van der Waals surface area contributed by atoms with Crippen molar-refractivity contribution in [3.8, 4) is 11.5 Å². The first kappa shape index (κ1) is 19.4. The summed E-state index contributed by atoms with van der Waals surface area (Å²) in [5.74, 6) is 0.189. The van der Waals surface area contributed by atoms with Crippen LogP contribution in [-0.4, -0.2) is 31.8 Å². The van der Waals surface area contributed by atoms with Gasteiger partial charge >= 0.3 is 0 Å². The van der Waals surface area contributed by atoms with Crippen molar-refractivity contribution in [2.45, 2.75) is 20.3 Å². The van der Waals surface area contributed by atoms with Crippen LogP contribution in [0, 0.1) is 6.92 Å². The second kappa shape index (κ2) is 8.53. The number of nitrogens with zero attached hydrogens (tertiary/aromatic N) is 4. The van der Waals surface area contributed by atoms with Crippen molar-refractivity contribution in [1.29, 1.82) is 0 Å². The summed E-state index contributed by atoms with van der Waals surface area (Å²) in [4.78, 5) is 41.1. The molecule has 3 aromatic rings. The van der Waals surface area contributed by atoms with Gasteiger partial charge in [0, 0.05) is 18.3 Å². The molecule has 2 aromatic heterocycles. The van der Waals surface area contributed by atoms with Gasteiger partial charge in [-0.2, -0.15) is 9.97 Å². The van der Waals surface area contributed by atoms with Crippen molar-refractivity contribution < 1.29 is 9.59 Å². The number of rotatable bonds is 5. The van der Waals surface area contributed by atoms with Crippen molar-refractivity contribution in [2.75, 3.05) is 10.6 Å². The van der Waals surface area contributed by atoms with E-state index in [2.05, 4.69) is 30.6 Å². The van der Waals surface area contributed by atoms with E-state index >= 15 is 0 Å². The molecule has 0 saturated carbocycles. The number of benzene rings is 1. The minimum Gasteiger partial charge on any atom is -0.326 e. The van der Waals surface area contributed by atoms with Crippen molar-refractivity contribution in [3.63, 3.8) is 0 Å². The van der Waals surface area contributed by atoms with Crippen LogP contribution >= 0.6 is 11.6 Å². The first-order valence-corrected chi connectivity index (χ1v) is 8.89. The van der Waals surface area contributed by atoms with Crippen LogP contribution < -0.4 is 10.6 Å². The number of halogens is 1. The Morgan fingerprint density at radius 3 is 2.61 bits per heavy atom. The van der Waals surface area contributed by atoms with Gasteiger partial charge in [-0.1, -0.05) is 24.6 Å². The van der Waals surface area contributed by atoms with Crippen LogP contribution in [0.25, 0.3) is 11.5 Å². The maximum absolute atomic E-state index is 12.7. The molecule has 3 rings (SSSR count). The number of carbonyl (C=O) groups excluding carboxylic acids is 2. The first-order valence-electron chi connectivity index (χ1n) is 8.51. The summed E-state index contributed by atoms with van der Waals surface area (Å²) >= 11 is 6.15. The van der Waals surface area contributed by atoms with Gasteiger partial charge in [0.1, 0.15) is 11.5 Å². The zero-order chi connectivity index (χ0) is 20.1. The Morgan fingerprint density at radius 2 is 1.89 bits per heavy atom. The van der Waals surface area contributed by atoms with Crippen LogP contribution in [0.3, 0.4) is 0 Å². The first-order chi connectivity index (χ1) is 13.5. The number of pyridine rings is 1. The van der Waals surface area contributed by atoms with E-state index in [0.717, 1.165) is 0 Å². The van der Waals surface area contributed by atoms with Crippen LogP contribution in [-0.2, 0) is 4.79 Å². The van der Waals surface area contributed by atoms with E-state index < -0.39 is 5.91 Å². The summed E-state index contributed by atoms with van der Waals surface area (Å²) in [5.41, 5.74) is 1.22. The predicted molar refractivity (Wildman–Crippen MR) is 106 cm³/mol. The van der Waals surface area contributed by atoms with E-state index in [1.54, 1.807) is 44.3 Å².